The Morgan fingerprint density at radius 1 is 0.944 bits per heavy atom. The quantitative estimate of drug-likeness (QED) is 0.541. The van der Waals surface area contributed by atoms with E-state index in [9.17, 15) is 14.0 Å². The van der Waals surface area contributed by atoms with Crippen molar-refractivity contribution in [2.75, 3.05) is 46.1 Å². The zero-order valence-corrected chi connectivity index (χ0v) is 20.5. The summed E-state index contributed by atoms with van der Waals surface area (Å²) in [4.78, 5) is 33.4. The molecule has 2 aromatic carbocycles. The van der Waals surface area contributed by atoms with Crippen molar-refractivity contribution in [1.82, 2.24) is 14.7 Å². The van der Waals surface area contributed by atoms with Gasteiger partial charge in [-0.3, -0.25) is 14.5 Å². The van der Waals surface area contributed by atoms with Crippen LogP contribution in [0.25, 0.3) is 0 Å². The number of benzene rings is 2. The molecule has 7 nitrogen and oxygen atoms in total. The van der Waals surface area contributed by atoms with Crippen LogP contribution in [0.5, 0.6) is 11.5 Å². The predicted molar refractivity (Wildman–Crippen MR) is 133 cm³/mol. The van der Waals surface area contributed by atoms with Gasteiger partial charge in [-0.2, -0.15) is 0 Å². The van der Waals surface area contributed by atoms with Gasteiger partial charge in [0.25, 0.3) is 5.91 Å². The summed E-state index contributed by atoms with van der Waals surface area (Å²) >= 11 is 1.72. The maximum Gasteiger partial charge on any atom is 0.254 e. The first-order chi connectivity index (χ1) is 17.6. The number of thiophene rings is 1. The number of fused-ring (bicyclic) bond motifs is 2. The molecule has 1 unspecified atom stereocenters. The SMILES string of the molecule is O=C(CN1CCc2sccc2C1c1cccc(F)c1)N1CCN(C(=O)c2ccc3c(c2)OCO3)CC1. The Balaban J connectivity index is 1.11. The fourth-order valence-corrected chi connectivity index (χ4v) is 6.15. The Labute approximate surface area is 212 Å². The van der Waals surface area contributed by atoms with Gasteiger partial charge in [0.2, 0.25) is 12.7 Å². The maximum absolute atomic E-state index is 14.1. The molecule has 0 aliphatic carbocycles. The first-order valence-electron chi connectivity index (χ1n) is 12.1. The molecule has 0 radical (unpaired) electrons. The van der Waals surface area contributed by atoms with Gasteiger partial charge in [-0.25, -0.2) is 4.39 Å². The van der Waals surface area contributed by atoms with E-state index in [2.05, 4.69) is 16.3 Å². The van der Waals surface area contributed by atoms with Crippen LogP contribution in [-0.4, -0.2) is 72.6 Å². The number of carbonyl (C=O) groups is 2. The average Bonchev–Trinajstić information content (AvgIpc) is 3.57. The van der Waals surface area contributed by atoms with E-state index in [-0.39, 0.29) is 37.0 Å². The van der Waals surface area contributed by atoms with Crippen molar-refractivity contribution in [2.24, 2.45) is 0 Å². The number of nitrogens with zero attached hydrogens (tertiary/aromatic N) is 3. The number of carbonyl (C=O) groups excluding carboxylic acids is 2. The van der Waals surface area contributed by atoms with E-state index >= 15 is 0 Å². The van der Waals surface area contributed by atoms with Crippen molar-refractivity contribution in [3.8, 4) is 11.5 Å². The molecule has 4 heterocycles. The maximum atomic E-state index is 14.1. The Bertz CT molecular complexity index is 1300. The Kier molecular flexibility index (Phi) is 6.10. The standard InChI is InChI=1S/C27H26FN3O4S/c28-20-3-1-2-18(14-20)26-21-7-13-36-24(21)6-8-31(26)16-25(32)29-9-11-30(12-10-29)27(33)19-4-5-22-23(15-19)35-17-34-22/h1-5,7,13-15,26H,6,8-12,16-17H2. The van der Waals surface area contributed by atoms with Crippen LogP contribution in [0.3, 0.4) is 0 Å². The first kappa shape index (κ1) is 23.0. The molecule has 1 saturated heterocycles. The van der Waals surface area contributed by atoms with Crippen molar-refractivity contribution in [2.45, 2.75) is 12.5 Å². The molecule has 1 fully saturated rings. The Morgan fingerprint density at radius 3 is 2.58 bits per heavy atom. The highest BCUT2D eigenvalue weighted by atomic mass is 32.1. The zero-order valence-electron chi connectivity index (χ0n) is 19.7. The lowest BCUT2D eigenvalue weighted by atomic mass is 9.93. The summed E-state index contributed by atoms with van der Waals surface area (Å²) in [5, 5.41) is 2.07. The van der Waals surface area contributed by atoms with Gasteiger partial charge in [0.1, 0.15) is 5.82 Å². The van der Waals surface area contributed by atoms with Crippen molar-refractivity contribution < 1.29 is 23.5 Å². The lowest BCUT2D eigenvalue weighted by Gasteiger charge is -2.39. The second kappa shape index (κ2) is 9.55. The number of rotatable bonds is 4. The van der Waals surface area contributed by atoms with Gasteiger partial charge in [-0.1, -0.05) is 12.1 Å². The molecular weight excluding hydrogens is 481 g/mol. The number of piperazine rings is 1. The number of ether oxygens (including phenoxy) is 2. The van der Waals surface area contributed by atoms with Gasteiger partial charge in [0, 0.05) is 43.2 Å². The van der Waals surface area contributed by atoms with Crippen molar-refractivity contribution in [3.05, 3.63) is 81.3 Å². The Morgan fingerprint density at radius 2 is 1.75 bits per heavy atom. The molecule has 2 amide bonds. The minimum absolute atomic E-state index is 0.0326. The van der Waals surface area contributed by atoms with Gasteiger partial charge in [-0.05, 0) is 59.3 Å². The molecule has 3 aromatic rings. The largest absolute Gasteiger partial charge is 0.454 e. The summed E-state index contributed by atoms with van der Waals surface area (Å²) < 4.78 is 24.8. The second-order valence-electron chi connectivity index (χ2n) is 9.22. The molecule has 186 valence electrons. The molecule has 1 aromatic heterocycles. The van der Waals surface area contributed by atoms with Crippen LogP contribution >= 0.6 is 11.3 Å². The zero-order chi connectivity index (χ0) is 24.6. The van der Waals surface area contributed by atoms with Crippen LogP contribution < -0.4 is 9.47 Å². The van der Waals surface area contributed by atoms with Gasteiger partial charge in [-0.15, -0.1) is 11.3 Å². The molecule has 0 N–H and O–H groups in total. The fraction of sp³-hybridized carbons (Fsp3) is 0.333. The molecule has 3 aliphatic heterocycles. The highest BCUT2D eigenvalue weighted by molar-refractivity contribution is 7.10. The highest BCUT2D eigenvalue weighted by Gasteiger charge is 2.33. The van der Waals surface area contributed by atoms with Gasteiger partial charge in [0.15, 0.2) is 11.5 Å². The van der Waals surface area contributed by atoms with Crippen molar-refractivity contribution in [3.63, 3.8) is 0 Å². The smallest absolute Gasteiger partial charge is 0.254 e. The molecule has 36 heavy (non-hydrogen) atoms. The number of halogens is 1. The summed E-state index contributed by atoms with van der Waals surface area (Å²) in [6, 6.07) is 13.8. The van der Waals surface area contributed by atoms with Gasteiger partial charge >= 0.3 is 0 Å². The van der Waals surface area contributed by atoms with Crippen LogP contribution in [0, 0.1) is 5.82 Å². The molecule has 0 saturated carbocycles. The lowest BCUT2D eigenvalue weighted by Crippen LogP contribution is -2.53. The van der Waals surface area contributed by atoms with Gasteiger partial charge in [0.05, 0.1) is 12.6 Å². The number of amides is 2. The fourth-order valence-electron chi connectivity index (χ4n) is 5.25. The van der Waals surface area contributed by atoms with Gasteiger partial charge < -0.3 is 19.3 Å². The first-order valence-corrected chi connectivity index (χ1v) is 13.0. The molecule has 9 heteroatoms. The van der Waals surface area contributed by atoms with E-state index in [0.717, 1.165) is 24.1 Å². The van der Waals surface area contributed by atoms with E-state index in [4.69, 9.17) is 9.47 Å². The predicted octanol–water partition coefficient (Wildman–Crippen LogP) is 3.55. The third-order valence-electron chi connectivity index (χ3n) is 7.11. The molecule has 3 aliphatic rings. The van der Waals surface area contributed by atoms with E-state index in [1.165, 1.54) is 10.9 Å². The molecule has 6 rings (SSSR count). The minimum Gasteiger partial charge on any atom is -0.454 e. The summed E-state index contributed by atoms with van der Waals surface area (Å²) in [6.07, 6.45) is 0.879. The van der Waals surface area contributed by atoms with Crippen LogP contribution in [-0.2, 0) is 11.2 Å². The number of hydrogen-bond acceptors (Lipinski definition) is 6. The van der Waals surface area contributed by atoms with Crippen LogP contribution in [0.1, 0.15) is 32.4 Å². The lowest BCUT2D eigenvalue weighted by molar-refractivity contribution is -0.134. The minimum atomic E-state index is -0.274. The topological polar surface area (TPSA) is 62.3 Å². The third kappa shape index (κ3) is 4.33. The van der Waals surface area contributed by atoms with E-state index in [1.54, 1.807) is 46.6 Å². The van der Waals surface area contributed by atoms with E-state index < -0.39 is 0 Å². The second-order valence-corrected chi connectivity index (χ2v) is 10.2. The molecular formula is C27H26FN3O4S. The van der Waals surface area contributed by atoms with Crippen molar-refractivity contribution >= 4 is 23.2 Å². The van der Waals surface area contributed by atoms with E-state index in [0.29, 0.717) is 43.2 Å². The van der Waals surface area contributed by atoms with Crippen LogP contribution in [0.2, 0.25) is 0 Å². The molecule has 0 bridgehead atoms. The van der Waals surface area contributed by atoms with Crippen molar-refractivity contribution in [1.29, 1.82) is 0 Å². The molecule has 1 atom stereocenters. The van der Waals surface area contributed by atoms with E-state index in [1.807, 2.05) is 11.0 Å². The summed E-state index contributed by atoms with van der Waals surface area (Å²) in [7, 11) is 0. The Hall–Kier alpha value is -3.43. The van der Waals surface area contributed by atoms with Crippen LogP contribution in [0.15, 0.2) is 53.9 Å². The average molecular weight is 508 g/mol. The normalized spacial score (nSPS) is 19.3. The summed E-state index contributed by atoms with van der Waals surface area (Å²) in [6.45, 7) is 3.07. The molecule has 0 spiro atoms. The van der Waals surface area contributed by atoms with Crippen LogP contribution in [0.4, 0.5) is 4.39 Å². The number of hydrogen-bond donors (Lipinski definition) is 0. The third-order valence-corrected chi connectivity index (χ3v) is 8.10. The monoisotopic (exact) mass is 507 g/mol. The summed E-state index contributed by atoms with van der Waals surface area (Å²) in [5.74, 6) is 0.908. The highest BCUT2D eigenvalue weighted by Crippen LogP contribution is 2.38. The summed E-state index contributed by atoms with van der Waals surface area (Å²) in [5.41, 5.74) is 2.57.